The van der Waals surface area contributed by atoms with Gasteiger partial charge in [-0.3, -0.25) is 9.55 Å². The van der Waals surface area contributed by atoms with Crippen LogP contribution in [-0.2, 0) is 21.7 Å². The largest absolute Gasteiger partial charge is 0.507 e. The molecule has 9 aromatic rings. The predicted octanol–water partition coefficient (Wildman–Crippen LogP) is 18.7. The Bertz CT molecular complexity index is 4260. The zero-order valence-electron chi connectivity index (χ0n) is 63.8. The molecule has 2 aromatic heterocycles. The van der Waals surface area contributed by atoms with Gasteiger partial charge in [0.15, 0.2) is 0 Å². The van der Waals surface area contributed by atoms with Crippen molar-refractivity contribution in [1.82, 2.24) is 14.5 Å². The average molecular weight is 970 g/mol. The molecule has 2 heterocycles. The number of aromatic nitrogens is 3. The van der Waals surface area contributed by atoms with Gasteiger partial charge in [-0.1, -0.05) is 200 Å². The van der Waals surface area contributed by atoms with Crippen molar-refractivity contribution in [3.63, 3.8) is 0 Å². The minimum Gasteiger partial charge on any atom is -0.507 e. The number of aryl methyl sites for hydroxylation is 1. The van der Waals surface area contributed by atoms with Gasteiger partial charge >= 0.3 is 0 Å². The Kier molecular flexibility index (Phi) is 7.59. The number of rotatable bonds is 8. The highest BCUT2D eigenvalue weighted by molar-refractivity contribution is 5.97. The zero-order valence-corrected chi connectivity index (χ0v) is 41.8. The van der Waals surface area contributed by atoms with Crippen molar-refractivity contribution in [2.45, 2.75) is 131 Å². The fraction of sp³-hybridized carbons (Fsp3) is 0.294. The van der Waals surface area contributed by atoms with E-state index in [1.807, 2.05) is 145 Å². The van der Waals surface area contributed by atoms with Gasteiger partial charge in [0, 0.05) is 53.0 Å². The van der Waals surface area contributed by atoms with E-state index in [1.54, 1.807) is 38.2 Å². The highest BCUT2D eigenvalue weighted by Crippen LogP contribution is 2.47. The normalized spacial score (nSPS) is 18.4. The van der Waals surface area contributed by atoms with Crippen LogP contribution in [0, 0.1) is 6.85 Å². The van der Waals surface area contributed by atoms with Crippen LogP contribution in [-0.4, -0.2) is 19.6 Å². The molecule has 0 saturated carbocycles. The molecule has 0 amide bonds. The van der Waals surface area contributed by atoms with E-state index in [-0.39, 0.29) is 28.4 Å². The first-order valence-corrected chi connectivity index (χ1v) is 23.9. The predicted molar refractivity (Wildman–Crippen MR) is 307 cm³/mol. The molecule has 7 aromatic carbocycles. The SMILES string of the molecule is [2H]C([2H])([2H])c1cc(-c2c(-c3ccccc3)cccc2C(C)(C)C)ccc1-n1c(-c2cc(C(C([2H])([2H])[2H])(C([2H])([2H])[2H])C([2H])([2H])[2H])cc(C(C([2H])([2H])[2H])(C([2H])([2H])[2H])C([2H])([2H])[2H])c2O)nc2c(-c3cc(-c4cc(-c5ccc(C([2H])(C)C)cc5)ccn4)cc(C(C)(C)C)c3)cccc21. The summed E-state index contributed by atoms with van der Waals surface area (Å²) < 4.78 is 197. The Labute approximate surface area is 460 Å². The number of phenols is 1. The van der Waals surface area contributed by atoms with Gasteiger partial charge in [0.25, 0.3) is 0 Å². The summed E-state index contributed by atoms with van der Waals surface area (Å²) in [6.45, 7) is -12.6. The lowest BCUT2D eigenvalue weighted by Gasteiger charge is -2.28. The monoisotopic (exact) mass is 970 g/mol. The van der Waals surface area contributed by atoms with Gasteiger partial charge in [0.1, 0.15) is 11.6 Å². The van der Waals surface area contributed by atoms with E-state index < -0.39 is 104 Å². The number of phenolic OH excluding ortho intramolecular Hbond substituents is 1. The van der Waals surface area contributed by atoms with Crippen molar-refractivity contribution < 1.29 is 35.3 Å². The minimum absolute atomic E-state index is 0.00700. The van der Waals surface area contributed by atoms with E-state index in [0.717, 1.165) is 38.9 Å². The van der Waals surface area contributed by atoms with Crippen LogP contribution >= 0.6 is 0 Å². The van der Waals surface area contributed by atoms with Crippen LogP contribution in [0.5, 0.6) is 5.75 Å². The maximum Gasteiger partial charge on any atom is 0.149 e. The van der Waals surface area contributed by atoms with Gasteiger partial charge in [-0.05, 0) is 150 Å². The van der Waals surface area contributed by atoms with E-state index in [2.05, 4.69) is 0 Å². The number of benzene rings is 7. The van der Waals surface area contributed by atoms with Crippen LogP contribution in [0.4, 0.5) is 0 Å². The molecule has 0 radical (unpaired) electrons. The maximum absolute atomic E-state index is 13.2. The topological polar surface area (TPSA) is 50.9 Å². The molecular weight excluding hydrogens is 875 g/mol. The van der Waals surface area contributed by atoms with E-state index in [1.165, 1.54) is 22.8 Å². The summed E-state index contributed by atoms with van der Waals surface area (Å²) in [6, 6.07) is 42.5. The lowest BCUT2D eigenvalue weighted by Crippen LogP contribution is -2.17. The van der Waals surface area contributed by atoms with Crippen LogP contribution in [0.15, 0.2) is 158 Å². The number of para-hydroxylation sites is 1. The Hall–Kier alpha value is -7.04. The minimum atomic E-state index is -4.26. The van der Waals surface area contributed by atoms with Crippen LogP contribution in [0.3, 0.4) is 0 Å². The number of aromatic hydroxyl groups is 1. The molecule has 366 valence electrons. The van der Waals surface area contributed by atoms with Crippen molar-refractivity contribution >= 4 is 11.0 Å². The molecule has 0 aliphatic heterocycles. The smallest absolute Gasteiger partial charge is 0.149 e. The molecule has 0 aliphatic rings. The molecule has 0 saturated heterocycles. The molecule has 0 spiro atoms. The van der Waals surface area contributed by atoms with E-state index >= 15 is 0 Å². The number of fused-ring (bicyclic) bond motifs is 1. The highest BCUT2D eigenvalue weighted by atomic mass is 16.3. The molecule has 0 atom stereocenters. The molecule has 9 rings (SSSR count). The van der Waals surface area contributed by atoms with Crippen molar-refractivity contribution in [1.29, 1.82) is 0 Å². The van der Waals surface area contributed by atoms with Gasteiger partial charge in [-0.25, -0.2) is 4.98 Å². The van der Waals surface area contributed by atoms with Crippen LogP contribution in [0.25, 0.3) is 83.9 Å². The first-order chi connectivity index (χ1) is 42.9. The van der Waals surface area contributed by atoms with E-state index in [0.29, 0.717) is 39.6 Å². The average Bonchev–Trinajstić information content (AvgIpc) is 0.918. The van der Waals surface area contributed by atoms with Crippen molar-refractivity contribution in [3.8, 4) is 78.6 Å². The molecule has 0 unspecified atom stereocenters. The van der Waals surface area contributed by atoms with Crippen LogP contribution in [0.2, 0.25) is 0 Å². The summed E-state index contributed by atoms with van der Waals surface area (Å²) in [6.07, 6.45) is 1.66. The van der Waals surface area contributed by atoms with Crippen LogP contribution in [0.1, 0.15) is 166 Å². The quantitative estimate of drug-likeness (QED) is 0.165. The van der Waals surface area contributed by atoms with E-state index in [9.17, 15) is 9.22 Å². The fourth-order valence-electron chi connectivity index (χ4n) is 9.43. The highest BCUT2D eigenvalue weighted by Gasteiger charge is 2.30. The number of hydrogen-bond donors (Lipinski definition) is 1. The first-order valence-electron chi connectivity index (χ1n) is 34.9. The van der Waals surface area contributed by atoms with Crippen molar-refractivity contribution in [3.05, 3.63) is 191 Å². The standard InChI is InChI=1S/C68H73N3O/c1-42(2)44-27-29-45(30-28-44)47-33-34-69-58(39-47)50-36-49(37-51(38-50)65(4,5)6)54-24-20-26-60-62(54)70-64(55-40-52(66(7,8)9)41-57(63(55)72)68(13,14)15)71(60)59-32-31-48(35-43(59)3)61-53(46-21-17-16-18-22-46)23-19-25-56(61)67(10,11)12/h16-42,72H,1-15H3/i3D3,7D3,8D3,9D3,13D3,14D3,15D3,42D. The second kappa shape index (κ2) is 18.5. The summed E-state index contributed by atoms with van der Waals surface area (Å²) in [5, 5.41) is 13.2. The lowest BCUT2D eigenvalue weighted by molar-refractivity contribution is 0.446. The first kappa shape index (κ1) is 29.5. The molecule has 72 heavy (non-hydrogen) atoms. The summed E-state index contributed by atoms with van der Waals surface area (Å²) in [5.41, 5.74) is -5.27. The molecule has 1 N–H and O–H groups in total. The fourth-order valence-corrected chi connectivity index (χ4v) is 9.43. The summed E-state index contributed by atoms with van der Waals surface area (Å²) in [5.74, 6) is -3.00. The third-order valence-corrected chi connectivity index (χ3v) is 13.3. The maximum atomic E-state index is 13.2. The summed E-state index contributed by atoms with van der Waals surface area (Å²) in [4.78, 5) is 9.95. The number of imidazole rings is 1. The second-order valence-corrected chi connectivity index (χ2v) is 21.0. The summed E-state index contributed by atoms with van der Waals surface area (Å²) in [7, 11) is 0. The second-order valence-electron chi connectivity index (χ2n) is 21.0. The van der Waals surface area contributed by atoms with Gasteiger partial charge in [-0.2, -0.15) is 0 Å². The van der Waals surface area contributed by atoms with Gasteiger partial charge < -0.3 is 5.11 Å². The molecule has 4 nitrogen and oxygen atoms in total. The van der Waals surface area contributed by atoms with Crippen molar-refractivity contribution in [2.75, 3.05) is 0 Å². The molecule has 0 fully saturated rings. The van der Waals surface area contributed by atoms with E-state index in [4.69, 9.17) is 36.0 Å². The van der Waals surface area contributed by atoms with Gasteiger partial charge in [-0.15, -0.1) is 0 Å². The lowest BCUT2D eigenvalue weighted by atomic mass is 9.78. The molecular formula is C68H73N3O. The Morgan fingerprint density at radius 1 is 0.528 bits per heavy atom. The number of pyridine rings is 1. The molecule has 4 heteroatoms. The Morgan fingerprint density at radius 3 is 1.89 bits per heavy atom. The van der Waals surface area contributed by atoms with Gasteiger partial charge in [0.2, 0.25) is 0 Å². The third kappa shape index (κ3) is 9.69. The van der Waals surface area contributed by atoms with Crippen molar-refractivity contribution in [2.24, 2.45) is 0 Å². The molecule has 0 aliphatic carbocycles. The Morgan fingerprint density at radius 2 is 1.21 bits per heavy atom. The molecule has 0 bridgehead atoms. The number of hydrogen-bond acceptors (Lipinski definition) is 3. The number of nitrogens with zero attached hydrogens (tertiary/aromatic N) is 3. The Balaban J connectivity index is 1.49. The summed E-state index contributed by atoms with van der Waals surface area (Å²) >= 11 is 0. The third-order valence-electron chi connectivity index (χ3n) is 13.3. The zero-order chi connectivity index (χ0) is 70.1. The van der Waals surface area contributed by atoms with Gasteiger partial charge in [0.05, 0.1) is 28.0 Å². The van der Waals surface area contributed by atoms with Crippen LogP contribution < -0.4 is 0 Å².